The Balaban J connectivity index is 1.64. The van der Waals surface area contributed by atoms with Crippen LogP contribution in [0.4, 0.5) is 0 Å². The molecule has 1 aliphatic heterocycles. The van der Waals surface area contributed by atoms with Gasteiger partial charge in [0, 0.05) is 12.6 Å². The van der Waals surface area contributed by atoms with Crippen molar-refractivity contribution in [2.45, 2.75) is 39.8 Å². The van der Waals surface area contributed by atoms with Crippen LogP contribution in [0, 0.1) is 5.41 Å². The molecule has 1 unspecified atom stereocenters. The molecule has 21 heavy (non-hydrogen) atoms. The molecule has 0 aromatic heterocycles. The smallest absolute Gasteiger partial charge is 0.231 e. The zero-order valence-electron chi connectivity index (χ0n) is 12.9. The summed E-state index contributed by atoms with van der Waals surface area (Å²) in [6.07, 6.45) is 1.20. The van der Waals surface area contributed by atoms with Crippen LogP contribution in [0.25, 0.3) is 0 Å². The quantitative estimate of drug-likeness (QED) is 0.659. The average Bonchev–Trinajstić information content (AvgIpc) is 2.87. The fourth-order valence-electron chi connectivity index (χ4n) is 2.41. The van der Waals surface area contributed by atoms with Gasteiger partial charge in [-0.2, -0.15) is 0 Å². The second kappa shape index (κ2) is 5.47. The van der Waals surface area contributed by atoms with Gasteiger partial charge in [-0.1, -0.05) is 19.9 Å². The summed E-state index contributed by atoms with van der Waals surface area (Å²) in [6, 6.07) is 6.49. The average molecular weight is 289 g/mol. The second-order valence-electron chi connectivity index (χ2n) is 6.27. The summed E-state index contributed by atoms with van der Waals surface area (Å²) in [7, 11) is 0. The maximum Gasteiger partial charge on any atom is 0.231 e. The molecule has 2 N–H and O–H groups in total. The molecular weight excluding hydrogens is 266 g/mol. The number of hydrogen-bond donors (Lipinski definition) is 2. The first-order chi connectivity index (χ1) is 10.1. The summed E-state index contributed by atoms with van der Waals surface area (Å²) < 4.78 is 10.7. The second-order valence-corrected chi connectivity index (χ2v) is 6.27. The lowest BCUT2D eigenvalue weighted by atomic mass is 10.2. The molecule has 0 amide bonds. The fraction of sp³-hybridized carbons (Fsp3) is 0.562. The molecule has 0 bridgehead atoms. The number of rotatable bonds is 4. The Morgan fingerprint density at radius 2 is 2.10 bits per heavy atom. The third kappa shape index (κ3) is 3.23. The van der Waals surface area contributed by atoms with E-state index >= 15 is 0 Å². The van der Waals surface area contributed by atoms with Gasteiger partial charge in [0.25, 0.3) is 0 Å². The topological polar surface area (TPSA) is 54.9 Å². The Bertz CT molecular complexity index is 554. The Hall–Kier alpha value is -1.91. The van der Waals surface area contributed by atoms with Gasteiger partial charge in [0.15, 0.2) is 17.5 Å². The lowest BCUT2D eigenvalue weighted by Gasteiger charge is -2.12. The van der Waals surface area contributed by atoms with Crippen molar-refractivity contribution in [3.63, 3.8) is 0 Å². The maximum absolute atomic E-state index is 5.39. The summed E-state index contributed by atoms with van der Waals surface area (Å²) in [6.45, 7) is 8.41. The SMILES string of the molecule is CCNC(=NCc1ccc2c(c1)OCO2)NC1CC1(C)C. The number of nitrogens with one attached hydrogen (secondary N) is 2. The number of ether oxygens (including phenoxy) is 2. The largest absolute Gasteiger partial charge is 0.454 e. The predicted octanol–water partition coefficient (Wildman–Crippen LogP) is 2.27. The van der Waals surface area contributed by atoms with Gasteiger partial charge in [-0.25, -0.2) is 4.99 Å². The van der Waals surface area contributed by atoms with Crippen molar-refractivity contribution in [3.05, 3.63) is 23.8 Å². The van der Waals surface area contributed by atoms with Crippen LogP contribution in [0.1, 0.15) is 32.8 Å². The van der Waals surface area contributed by atoms with Gasteiger partial charge in [0.2, 0.25) is 6.79 Å². The van der Waals surface area contributed by atoms with Crippen molar-refractivity contribution in [2.75, 3.05) is 13.3 Å². The van der Waals surface area contributed by atoms with Crippen LogP contribution < -0.4 is 20.1 Å². The van der Waals surface area contributed by atoms with Crippen LogP contribution in [-0.4, -0.2) is 25.3 Å². The minimum Gasteiger partial charge on any atom is -0.454 e. The third-order valence-electron chi connectivity index (χ3n) is 4.03. The first-order valence-corrected chi connectivity index (χ1v) is 7.52. The molecule has 1 aliphatic carbocycles. The highest BCUT2D eigenvalue weighted by Crippen LogP contribution is 2.44. The van der Waals surface area contributed by atoms with Crippen molar-refractivity contribution in [2.24, 2.45) is 10.4 Å². The fourth-order valence-corrected chi connectivity index (χ4v) is 2.41. The Morgan fingerprint density at radius 3 is 2.81 bits per heavy atom. The normalized spacial score (nSPS) is 22.0. The summed E-state index contributed by atoms with van der Waals surface area (Å²) in [4.78, 5) is 4.65. The van der Waals surface area contributed by atoms with Crippen LogP contribution >= 0.6 is 0 Å². The number of fused-ring (bicyclic) bond motifs is 1. The van der Waals surface area contributed by atoms with E-state index in [4.69, 9.17) is 9.47 Å². The molecule has 5 heteroatoms. The zero-order chi connectivity index (χ0) is 14.9. The number of benzene rings is 1. The van der Waals surface area contributed by atoms with Crippen molar-refractivity contribution >= 4 is 5.96 Å². The van der Waals surface area contributed by atoms with Gasteiger partial charge >= 0.3 is 0 Å². The van der Waals surface area contributed by atoms with E-state index in [1.807, 2.05) is 18.2 Å². The van der Waals surface area contributed by atoms with E-state index in [-0.39, 0.29) is 0 Å². The number of aliphatic imine (C=N–C) groups is 1. The van der Waals surface area contributed by atoms with Gasteiger partial charge in [-0.05, 0) is 36.5 Å². The van der Waals surface area contributed by atoms with E-state index in [9.17, 15) is 0 Å². The Kier molecular flexibility index (Phi) is 3.66. The zero-order valence-corrected chi connectivity index (χ0v) is 12.9. The maximum atomic E-state index is 5.39. The highest BCUT2D eigenvalue weighted by Gasteiger charge is 2.46. The molecular formula is C16H23N3O2. The van der Waals surface area contributed by atoms with Crippen LogP contribution in [0.3, 0.4) is 0 Å². The molecule has 1 atom stereocenters. The standard InChI is InChI=1S/C16H23N3O2/c1-4-17-15(19-14-8-16(14,2)3)18-9-11-5-6-12-13(7-11)21-10-20-12/h5-7,14H,4,8-10H2,1-3H3,(H2,17,18,19). The summed E-state index contributed by atoms with van der Waals surface area (Å²) >= 11 is 0. The van der Waals surface area contributed by atoms with Crippen LogP contribution in [0.2, 0.25) is 0 Å². The Labute approximate surface area is 125 Å². The summed E-state index contributed by atoms with van der Waals surface area (Å²) in [5.41, 5.74) is 1.50. The number of nitrogens with zero attached hydrogens (tertiary/aromatic N) is 1. The first kappa shape index (κ1) is 14.0. The van der Waals surface area contributed by atoms with Gasteiger partial charge in [0.1, 0.15) is 0 Å². The molecule has 1 saturated carbocycles. The number of guanidine groups is 1. The molecule has 3 rings (SSSR count). The van der Waals surface area contributed by atoms with Crippen molar-refractivity contribution < 1.29 is 9.47 Å². The van der Waals surface area contributed by atoms with E-state index in [1.54, 1.807) is 0 Å². The van der Waals surface area contributed by atoms with Crippen LogP contribution in [-0.2, 0) is 6.54 Å². The molecule has 0 spiro atoms. The minimum atomic E-state index is 0.309. The summed E-state index contributed by atoms with van der Waals surface area (Å²) in [5, 5.41) is 6.78. The summed E-state index contributed by atoms with van der Waals surface area (Å²) in [5.74, 6) is 2.50. The van der Waals surface area contributed by atoms with Gasteiger partial charge < -0.3 is 20.1 Å². The highest BCUT2D eigenvalue weighted by atomic mass is 16.7. The molecule has 1 aromatic carbocycles. The van der Waals surface area contributed by atoms with E-state index in [0.717, 1.165) is 29.6 Å². The number of hydrogen-bond acceptors (Lipinski definition) is 3. The Morgan fingerprint density at radius 1 is 1.33 bits per heavy atom. The lowest BCUT2D eigenvalue weighted by molar-refractivity contribution is 0.174. The lowest BCUT2D eigenvalue weighted by Crippen LogP contribution is -2.39. The van der Waals surface area contributed by atoms with Crippen LogP contribution in [0.15, 0.2) is 23.2 Å². The van der Waals surface area contributed by atoms with Crippen molar-refractivity contribution in [1.29, 1.82) is 0 Å². The molecule has 0 saturated heterocycles. The molecule has 1 heterocycles. The monoisotopic (exact) mass is 289 g/mol. The highest BCUT2D eigenvalue weighted by molar-refractivity contribution is 5.80. The van der Waals surface area contributed by atoms with Gasteiger partial charge in [-0.3, -0.25) is 0 Å². The van der Waals surface area contributed by atoms with Crippen molar-refractivity contribution in [1.82, 2.24) is 10.6 Å². The van der Waals surface area contributed by atoms with Gasteiger partial charge in [-0.15, -0.1) is 0 Å². The third-order valence-corrected chi connectivity index (χ3v) is 4.03. The van der Waals surface area contributed by atoms with E-state index < -0.39 is 0 Å². The molecule has 5 nitrogen and oxygen atoms in total. The van der Waals surface area contributed by atoms with Gasteiger partial charge in [0.05, 0.1) is 6.54 Å². The van der Waals surface area contributed by atoms with E-state index in [2.05, 4.69) is 36.4 Å². The van der Waals surface area contributed by atoms with Crippen molar-refractivity contribution in [3.8, 4) is 11.5 Å². The predicted molar refractivity (Wildman–Crippen MR) is 82.7 cm³/mol. The minimum absolute atomic E-state index is 0.309. The molecule has 114 valence electrons. The van der Waals surface area contributed by atoms with Crippen LogP contribution in [0.5, 0.6) is 11.5 Å². The molecule has 1 fully saturated rings. The molecule has 0 radical (unpaired) electrons. The molecule has 2 aliphatic rings. The first-order valence-electron chi connectivity index (χ1n) is 7.52. The van der Waals surface area contributed by atoms with E-state index in [0.29, 0.717) is 24.8 Å². The molecule has 1 aromatic rings. The van der Waals surface area contributed by atoms with E-state index in [1.165, 1.54) is 6.42 Å².